The first-order chi connectivity index (χ1) is 9.65. The van der Waals surface area contributed by atoms with Gasteiger partial charge in [-0.3, -0.25) is 4.79 Å². The zero-order valence-electron chi connectivity index (χ0n) is 10.2. The van der Waals surface area contributed by atoms with E-state index in [9.17, 15) is 13.6 Å². The van der Waals surface area contributed by atoms with Gasteiger partial charge in [-0.05, 0) is 29.3 Å². The quantitative estimate of drug-likeness (QED) is 0.817. The second kappa shape index (κ2) is 6.55. The standard InChI is InChI=1S/C11H11F2N5O2/c12-11(13)20-8-3-1-7(2-4-8)5-6-14-10(19)9-15-17-18-16-9/h1-4,11H,5-6H2,(H,14,19)(H,15,16,17,18). The highest BCUT2D eigenvalue weighted by molar-refractivity contribution is 5.89. The minimum atomic E-state index is -2.84. The summed E-state index contributed by atoms with van der Waals surface area (Å²) >= 11 is 0. The number of hydrogen-bond acceptors (Lipinski definition) is 5. The minimum absolute atomic E-state index is 0.0364. The average Bonchev–Trinajstić information content (AvgIpc) is 2.94. The van der Waals surface area contributed by atoms with Gasteiger partial charge < -0.3 is 10.1 Å². The van der Waals surface area contributed by atoms with E-state index in [1.165, 1.54) is 12.1 Å². The molecule has 106 valence electrons. The number of hydrogen-bond donors (Lipinski definition) is 2. The van der Waals surface area contributed by atoms with Crippen molar-refractivity contribution in [2.75, 3.05) is 6.54 Å². The number of ether oxygens (including phenoxy) is 1. The number of nitrogens with one attached hydrogen (secondary N) is 2. The van der Waals surface area contributed by atoms with E-state index in [2.05, 4.69) is 30.7 Å². The number of carbonyl (C=O) groups excluding carboxylic acids is 1. The van der Waals surface area contributed by atoms with Crippen LogP contribution in [0.4, 0.5) is 8.78 Å². The number of tetrazole rings is 1. The molecule has 0 unspecified atom stereocenters. The molecule has 0 bridgehead atoms. The fourth-order valence-electron chi connectivity index (χ4n) is 1.49. The maximum atomic E-state index is 12.0. The molecule has 0 spiro atoms. The van der Waals surface area contributed by atoms with Crippen molar-refractivity contribution in [1.82, 2.24) is 25.9 Å². The van der Waals surface area contributed by atoms with Crippen molar-refractivity contribution >= 4 is 5.91 Å². The van der Waals surface area contributed by atoms with Gasteiger partial charge in [0, 0.05) is 6.54 Å². The lowest BCUT2D eigenvalue weighted by atomic mass is 10.1. The lowest BCUT2D eigenvalue weighted by molar-refractivity contribution is -0.0498. The Morgan fingerprint density at radius 2 is 2.10 bits per heavy atom. The predicted molar refractivity (Wildman–Crippen MR) is 63.3 cm³/mol. The topological polar surface area (TPSA) is 92.8 Å². The summed E-state index contributed by atoms with van der Waals surface area (Å²) in [6, 6.07) is 6.20. The number of aromatic nitrogens is 4. The average molecular weight is 283 g/mol. The highest BCUT2D eigenvalue weighted by Gasteiger charge is 2.09. The van der Waals surface area contributed by atoms with Crippen molar-refractivity contribution in [3.63, 3.8) is 0 Å². The Morgan fingerprint density at radius 1 is 1.35 bits per heavy atom. The van der Waals surface area contributed by atoms with Gasteiger partial charge in [0.2, 0.25) is 0 Å². The van der Waals surface area contributed by atoms with E-state index in [0.29, 0.717) is 13.0 Å². The first kappa shape index (κ1) is 13.8. The van der Waals surface area contributed by atoms with Crippen molar-refractivity contribution in [2.24, 2.45) is 0 Å². The molecule has 9 heteroatoms. The number of benzene rings is 1. The Balaban J connectivity index is 1.78. The van der Waals surface area contributed by atoms with Gasteiger partial charge in [0.15, 0.2) is 0 Å². The van der Waals surface area contributed by atoms with E-state index < -0.39 is 12.5 Å². The normalized spacial score (nSPS) is 10.6. The SMILES string of the molecule is O=C(NCCc1ccc(OC(F)F)cc1)c1nn[nH]n1. The molecule has 0 saturated carbocycles. The Morgan fingerprint density at radius 3 is 2.70 bits per heavy atom. The summed E-state index contributed by atoms with van der Waals surface area (Å²) in [5, 5.41) is 15.1. The van der Waals surface area contributed by atoms with Gasteiger partial charge in [0.05, 0.1) is 0 Å². The molecule has 0 aliphatic heterocycles. The van der Waals surface area contributed by atoms with Gasteiger partial charge in [0.1, 0.15) is 5.75 Å². The number of aromatic amines is 1. The van der Waals surface area contributed by atoms with Crippen molar-refractivity contribution in [3.8, 4) is 5.75 Å². The third-order valence-corrected chi connectivity index (χ3v) is 2.40. The van der Waals surface area contributed by atoms with Crippen LogP contribution in [0.1, 0.15) is 16.2 Å². The molecule has 7 nitrogen and oxygen atoms in total. The Kier molecular flexibility index (Phi) is 4.53. The first-order valence-corrected chi connectivity index (χ1v) is 5.70. The van der Waals surface area contributed by atoms with Crippen LogP contribution < -0.4 is 10.1 Å². The van der Waals surface area contributed by atoms with Crippen LogP contribution >= 0.6 is 0 Å². The van der Waals surface area contributed by atoms with Crippen molar-refractivity contribution in [2.45, 2.75) is 13.0 Å². The van der Waals surface area contributed by atoms with Crippen molar-refractivity contribution < 1.29 is 18.3 Å². The number of nitrogens with zero attached hydrogens (tertiary/aromatic N) is 3. The molecule has 2 rings (SSSR count). The summed E-state index contributed by atoms with van der Waals surface area (Å²) in [7, 11) is 0. The van der Waals surface area contributed by atoms with Gasteiger partial charge in [-0.25, -0.2) is 0 Å². The molecule has 1 heterocycles. The Bertz CT molecular complexity index is 544. The van der Waals surface area contributed by atoms with Crippen molar-refractivity contribution in [3.05, 3.63) is 35.7 Å². The fourth-order valence-corrected chi connectivity index (χ4v) is 1.49. The maximum absolute atomic E-state index is 12.0. The van der Waals surface area contributed by atoms with Crippen LogP contribution in [0, 0.1) is 0 Å². The molecular formula is C11H11F2N5O2. The molecule has 0 radical (unpaired) electrons. The molecule has 20 heavy (non-hydrogen) atoms. The lowest BCUT2D eigenvalue weighted by Crippen LogP contribution is -2.26. The Labute approximate surface area is 112 Å². The zero-order valence-corrected chi connectivity index (χ0v) is 10.2. The van der Waals surface area contributed by atoms with Crippen LogP contribution in [0.3, 0.4) is 0 Å². The summed E-state index contributed by atoms with van der Waals surface area (Å²) in [4.78, 5) is 11.5. The number of rotatable bonds is 6. The molecule has 0 atom stereocenters. The molecule has 1 aromatic carbocycles. The monoisotopic (exact) mass is 283 g/mol. The number of H-pyrrole nitrogens is 1. The molecule has 0 fully saturated rings. The molecular weight excluding hydrogens is 272 g/mol. The highest BCUT2D eigenvalue weighted by Crippen LogP contribution is 2.14. The van der Waals surface area contributed by atoms with E-state index in [1.807, 2.05) is 0 Å². The van der Waals surface area contributed by atoms with Crippen LogP contribution in [0.25, 0.3) is 0 Å². The van der Waals surface area contributed by atoms with Crippen LogP contribution in [0.5, 0.6) is 5.75 Å². The molecule has 0 aliphatic rings. The number of amides is 1. The summed E-state index contributed by atoms with van der Waals surface area (Å²) in [5.74, 6) is -0.373. The molecule has 2 aromatic rings. The van der Waals surface area contributed by atoms with Crippen LogP contribution in [0.15, 0.2) is 24.3 Å². The van der Waals surface area contributed by atoms with Gasteiger partial charge in [-0.1, -0.05) is 12.1 Å². The van der Waals surface area contributed by atoms with Crippen molar-refractivity contribution in [1.29, 1.82) is 0 Å². The third-order valence-electron chi connectivity index (χ3n) is 2.40. The van der Waals surface area contributed by atoms with E-state index >= 15 is 0 Å². The fraction of sp³-hybridized carbons (Fsp3) is 0.273. The summed E-state index contributed by atoms with van der Waals surface area (Å²) in [6.07, 6.45) is 0.540. The minimum Gasteiger partial charge on any atom is -0.435 e. The van der Waals surface area contributed by atoms with Crippen LogP contribution in [0.2, 0.25) is 0 Å². The first-order valence-electron chi connectivity index (χ1n) is 5.70. The van der Waals surface area contributed by atoms with Crippen LogP contribution in [-0.4, -0.2) is 39.7 Å². The number of halogens is 2. The molecule has 0 aliphatic carbocycles. The maximum Gasteiger partial charge on any atom is 0.387 e. The Hall–Kier alpha value is -2.58. The second-order valence-corrected chi connectivity index (χ2v) is 3.76. The zero-order chi connectivity index (χ0) is 14.4. The predicted octanol–water partition coefficient (Wildman–Crippen LogP) is 0.774. The van der Waals surface area contributed by atoms with Gasteiger partial charge in [0.25, 0.3) is 11.7 Å². The van der Waals surface area contributed by atoms with E-state index in [4.69, 9.17) is 0 Å². The summed E-state index contributed by atoms with van der Waals surface area (Å²) in [5.41, 5.74) is 0.875. The molecule has 1 amide bonds. The number of alkyl halides is 2. The molecule has 0 saturated heterocycles. The van der Waals surface area contributed by atoms with Gasteiger partial charge in [-0.15, -0.1) is 10.2 Å². The largest absolute Gasteiger partial charge is 0.435 e. The van der Waals surface area contributed by atoms with Crippen LogP contribution in [-0.2, 0) is 6.42 Å². The highest BCUT2D eigenvalue weighted by atomic mass is 19.3. The molecule has 1 aromatic heterocycles. The smallest absolute Gasteiger partial charge is 0.387 e. The lowest BCUT2D eigenvalue weighted by Gasteiger charge is -2.06. The van der Waals surface area contributed by atoms with E-state index in [1.54, 1.807) is 12.1 Å². The number of carbonyl (C=O) groups is 1. The van der Waals surface area contributed by atoms with Gasteiger partial charge >= 0.3 is 6.61 Å². The van der Waals surface area contributed by atoms with Gasteiger partial charge in [-0.2, -0.15) is 14.0 Å². The third kappa shape index (κ3) is 3.97. The van der Waals surface area contributed by atoms with E-state index in [-0.39, 0.29) is 11.6 Å². The van der Waals surface area contributed by atoms with E-state index in [0.717, 1.165) is 5.56 Å². The summed E-state index contributed by atoms with van der Waals surface area (Å²) < 4.78 is 28.1. The molecule has 2 N–H and O–H groups in total. The summed E-state index contributed by atoms with van der Waals surface area (Å²) in [6.45, 7) is -2.47. The second-order valence-electron chi connectivity index (χ2n) is 3.76.